The Morgan fingerprint density at radius 2 is 2.17 bits per heavy atom. The fourth-order valence-electron chi connectivity index (χ4n) is 3.10. The fourth-order valence-corrected chi connectivity index (χ4v) is 3.10. The van der Waals surface area contributed by atoms with Crippen LogP contribution in [0.4, 0.5) is 0 Å². The zero-order valence-corrected chi connectivity index (χ0v) is 17.4. The largest absolute Gasteiger partial charge is 0.357 e. The summed E-state index contributed by atoms with van der Waals surface area (Å²) in [5.41, 5.74) is 0. The third-order valence-corrected chi connectivity index (χ3v) is 4.38. The van der Waals surface area contributed by atoms with Crippen molar-refractivity contribution in [3.63, 3.8) is 0 Å². The highest BCUT2D eigenvalue weighted by Gasteiger charge is 2.20. The summed E-state index contributed by atoms with van der Waals surface area (Å²) < 4.78 is 1.97. The summed E-state index contributed by atoms with van der Waals surface area (Å²) in [5.74, 6) is 0.939. The van der Waals surface area contributed by atoms with Gasteiger partial charge in [-0.2, -0.15) is 5.10 Å². The van der Waals surface area contributed by atoms with Gasteiger partial charge in [-0.05, 0) is 45.3 Å². The van der Waals surface area contributed by atoms with Gasteiger partial charge in [-0.3, -0.25) is 14.6 Å². The van der Waals surface area contributed by atoms with Gasteiger partial charge in [-0.15, -0.1) is 24.0 Å². The molecule has 0 radical (unpaired) electrons. The van der Waals surface area contributed by atoms with Gasteiger partial charge < -0.3 is 10.6 Å². The molecule has 1 aliphatic heterocycles. The number of nitrogens with one attached hydrogen (secondary N) is 2. The molecule has 2 rings (SSSR count). The molecule has 2 heterocycles. The number of piperidine rings is 1. The molecule has 1 fully saturated rings. The molecule has 1 unspecified atom stereocenters. The number of aryl methyl sites for hydroxylation is 1. The van der Waals surface area contributed by atoms with E-state index in [1.54, 1.807) is 0 Å². The van der Waals surface area contributed by atoms with E-state index in [4.69, 9.17) is 4.99 Å². The van der Waals surface area contributed by atoms with Gasteiger partial charge in [0.15, 0.2) is 5.96 Å². The smallest absolute Gasteiger partial charge is 0.191 e. The Balaban J connectivity index is 0.00000288. The number of hydrogen-bond donors (Lipinski definition) is 2. The lowest BCUT2D eigenvalue weighted by molar-refractivity contribution is 0.161. The molecule has 1 atom stereocenters. The maximum atomic E-state index is 4.80. The standard InChI is InChI=1S/C17H32N6.HI/c1-3-18-17(19-10-7-13-23-14-8-11-21-23)20-15-16-9-5-6-12-22(16)4-2;/h8,11,14,16H,3-7,9-10,12-13,15H2,1-2H3,(H2,18,19,20);1H. The lowest BCUT2D eigenvalue weighted by atomic mass is 10.0. The number of rotatable bonds is 8. The first-order valence-electron chi connectivity index (χ1n) is 9.07. The number of nitrogens with zero attached hydrogens (tertiary/aromatic N) is 4. The molecule has 0 bridgehead atoms. The Kier molecular flexibility index (Phi) is 11.1. The molecule has 0 amide bonds. The van der Waals surface area contributed by atoms with E-state index in [1.165, 1.54) is 25.8 Å². The van der Waals surface area contributed by atoms with Crippen molar-refractivity contribution in [3.8, 4) is 0 Å². The molecule has 0 aromatic carbocycles. The second-order valence-electron chi connectivity index (χ2n) is 6.05. The molecule has 138 valence electrons. The van der Waals surface area contributed by atoms with E-state index in [9.17, 15) is 0 Å². The quantitative estimate of drug-likeness (QED) is 0.278. The predicted molar refractivity (Wildman–Crippen MR) is 111 cm³/mol. The van der Waals surface area contributed by atoms with Crippen LogP contribution in [0.15, 0.2) is 23.5 Å². The molecule has 7 heteroatoms. The number of guanidine groups is 1. The molecule has 1 aromatic heterocycles. The van der Waals surface area contributed by atoms with Crippen molar-refractivity contribution >= 4 is 29.9 Å². The Hall–Kier alpha value is -0.830. The Morgan fingerprint density at radius 1 is 1.29 bits per heavy atom. The van der Waals surface area contributed by atoms with Crippen molar-refractivity contribution in [1.82, 2.24) is 25.3 Å². The summed E-state index contributed by atoms with van der Waals surface area (Å²) in [6, 6.07) is 2.57. The first kappa shape index (κ1) is 21.2. The van der Waals surface area contributed by atoms with Gasteiger partial charge in [0.1, 0.15) is 0 Å². The first-order chi connectivity index (χ1) is 11.3. The first-order valence-corrected chi connectivity index (χ1v) is 9.07. The van der Waals surface area contributed by atoms with Crippen LogP contribution in [0.2, 0.25) is 0 Å². The minimum absolute atomic E-state index is 0. The van der Waals surface area contributed by atoms with Gasteiger partial charge in [-0.25, -0.2) is 0 Å². The molecular formula is C17H33IN6. The average Bonchev–Trinajstić information content (AvgIpc) is 3.10. The van der Waals surface area contributed by atoms with Crippen LogP contribution in [0.1, 0.15) is 39.5 Å². The molecule has 0 aliphatic carbocycles. The Morgan fingerprint density at radius 3 is 2.88 bits per heavy atom. The second-order valence-corrected chi connectivity index (χ2v) is 6.05. The average molecular weight is 448 g/mol. The van der Waals surface area contributed by atoms with Gasteiger partial charge >= 0.3 is 0 Å². The van der Waals surface area contributed by atoms with Crippen molar-refractivity contribution in [2.24, 2.45) is 4.99 Å². The predicted octanol–water partition coefficient (Wildman–Crippen LogP) is 2.32. The van der Waals surface area contributed by atoms with Crippen LogP contribution in [-0.2, 0) is 6.54 Å². The van der Waals surface area contributed by atoms with Crippen molar-refractivity contribution < 1.29 is 0 Å². The van der Waals surface area contributed by atoms with Crippen molar-refractivity contribution in [1.29, 1.82) is 0 Å². The normalized spacial score (nSPS) is 18.9. The molecule has 0 saturated carbocycles. The van der Waals surface area contributed by atoms with Crippen LogP contribution >= 0.6 is 24.0 Å². The second kappa shape index (κ2) is 12.5. The van der Waals surface area contributed by atoms with Crippen molar-refractivity contribution in [3.05, 3.63) is 18.5 Å². The van der Waals surface area contributed by atoms with Gasteiger partial charge in [0.2, 0.25) is 0 Å². The fraction of sp³-hybridized carbons (Fsp3) is 0.765. The zero-order valence-electron chi connectivity index (χ0n) is 15.1. The molecule has 1 aliphatic rings. The van der Waals surface area contributed by atoms with Crippen LogP contribution in [0.5, 0.6) is 0 Å². The molecule has 24 heavy (non-hydrogen) atoms. The summed E-state index contributed by atoms with van der Waals surface area (Å²) in [4.78, 5) is 7.36. The van der Waals surface area contributed by atoms with E-state index in [0.717, 1.165) is 45.1 Å². The SMILES string of the molecule is CCNC(=NCC1CCCCN1CC)NCCCn1cccn1.I. The number of halogens is 1. The third kappa shape index (κ3) is 7.38. The number of likely N-dealkylation sites (tertiary alicyclic amines) is 1. The lowest BCUT2D eigenvalue weighted by Gasteiger charge is -2.33. The number of aliphatic imine (C=N–C) groups is 1. The molecule has 6 nitrogen and oxygen atoms in total. The van der Waals surface area contributed by atoms with Gasteiger partial charge in [-0.1, -0.05) is 13.3 Å². The number of likely N-dealkylation sites (N-methyl/N-ethyl adjacent to an activating group) is 1. The van der Waals surface area contributed by atoms with E-state index in [-0.39, 0.29) is 24.0 Å². The van der Waals surface area contributed by atoms with E-state index < -0.39 is 0 Å². The lowest BCUT2D eigenvalue weighted by Crippen LogP contribution is -2.43. The minimum atomic E-state index is 0. The van der Waals surface area contributed by atoms with E-state index in [0.29, 0.717) is 6.04 Å². The summed E-state index contributed by atoms with van der Waals surface area (Å²) in [5, 5.41) is 11.0. The van der Waals surface area contributed by atoms with Crippen LogP contribution in [-0.4, -0.2) is 59.4 Å². The monoisotopic (exact) mass is 448 g/mol. The van der Waals surface area contributed by atoms with E-state index >= 15 is 0 Å². The topological polar surface area (TPSA) is 57.5 Å². The van der Waals surface area contributed by atoms with Crippen molar-refractivity contribution in [2.75, 3.05) is 32.7 Å². The Labute approximate surface area is 163 Å². The summed E-state index contributed by atoms with van der Waals surface area (Å²) in [6.45, 7) is 10.4. The van der Waals surface area contributed by atoms with Crippen LogP contribution in [0.25, 0.3) is 0 Å². The number of hydrogen-bond acceptors (Lipinski definition) is 3. The molecule has 1 saturated heterocycles. The Bertz CT molecular complexity index is 448. The third-order valence-electron chi connectivity index (χ3n) is 4.38. The highest BCUT2D eigenvalue weighted by molar-refractivity contribution is 14.0. The molecular weight excluding hydrogens is 415 g/mol. The maximum absolute atomic E-state index is 4.80. The molecule has 1 aromatic rings. The minimum Gasteiger partial charge on any atom is -0.357 e. The highest BCUT2D eigenvalue weighted by Crippen LogP contribution is 2.16. The van der Waals surface area contributed by atoms with Gasteiger partial charge in [0.25, 0.3) is 0 Å². The van der Waals surface area contributed by atoms with E-state index in [1.807, 2.05) is 23.1 Å². The summed E-state index contributed by atoms with van der Waals surface area (Å²) in [7, 11) is 0. The van der Waals surface area contributed by atoms with Gasteiger partial charge in [0, 0.05) is 38.1 Å². The zero-order chi connectivity index (χ0) is 16.3. The van der Waals surface area contributed by atoms with Crippen LogP contribution in [0, 0.1) is 0 Å². The van der Waals surface area contributed by atoms with Crippen LogP contribution < -0.4 is 10.6 Å². The maximum Gasteiger partial charge on any atom is 0.191 e. The highest BCUT2D eigenvalue weighted by atomic mass is 127. The van der Waals surface area contributed by atoms with Crippen molar-refractivity contribution in [2.45, 2.75) is 52.1 Å². The summed E-state index contributed by atoms with van der Waals surface area (Å²) >= 11 is 0. The van der Waals surface area contributed by atoms with Gasteiger partial charge in [0.05, 0.1) is 6.54 Å². The van der Waals surface area contributed by atoms with Crippen LogP contribution in [0.3, 0.4) is 0 Å². The number of aromatic nitrogens is 2. The summed E-state index contributed by atoms with van der Waals surface area (Å²) in [6.07, 6.45) is 8.81. The molecule has 2 N–H and O–H groups in total. The molecule has 0 spiro atoms. The van der Waals surface area contributed by atoms with E-state index in [2.05, 4.69) is 34.5 Å².